The second-order valence-corrected chi connectivity index (χ2v) is 8.11. The summed E-state index contributed by atoms with van der Waals surface area (Å²) < 4.78 is 32.0. The Morgan fingerprint density at radius 3 is 2.65 bits per heavy atom. The first-order chi connectivity index (χ1) is 10.9. The van der Waals surface area contributed by atoms with E-state index in [-0.39, 0.29) is 40.6 Å². The molecule has 9 heteroatoms. The van der Waals surface area contributed by atoms with Gasteiger partial charge < -0.3 is 4.74 Å². The Balaban J connectivity index is 1.83. The Kier molecular flexibility index (Phi) is 4.35. The van der Waals surface area contributed by atoms with Crippen LogP contribution in [-0.4, -0.2) is 60.8 Å². The van der Waals surface area contributed by atoms with Crippen LogP contribution in [0.25, 0.3) is 0 Å². The molecule has 7 nitrogen and oxygen atoms in total. The zero-order chi connectivity index (χ0) is 16.6. The predicted octanol–water partition coefficient (Wildman–Crippen LogP) is 1.15. The van der Waals surface area contributed by atoms with Gasteiger partial charge in [0.05, 0.1) is 18.9 Å². The van der Waals surface area contributed by atoms with Crippen molar-refractivity contribution in [3.63, 3.8) is 0 Å². The third kappa shape index (κ3) is 2.84. The highest BCUT2D eigenvalue weighted by Crippen LogP contribution is 2.31. The van der Waals surface area contributed by atoms with Gasteiger partial charge >= 0.3 is 0 Å². The van der Waals surface area contributed by atoms with Crippen molar-refractivity contribution in [2.45, 2.75) is 17.4 Å². The van der Waals surface area contributed by atoms with Crippen LogP contribution in [0, 0.1) is 0 Å². The first-order valence-corrected chi connectivity index (χ1v) is 9.49. The molecule has 2 fully saturated rings. The molecule has 2 saturated heterocycles. The number of hydrogen-bond acceptors (Lipinski definition) is 6. The number of amides is 2. The van der Waals surface area contributed by atoms with E-state index in [2.05, 4.69) is 0 Å². The van der Waals surface area contributed by atoms with Crippen molar-refractivity contribution in [3.05, 3.63) is 24.3 Å². The third-order valence-electron chi connectivity index (χ3n) is 3.96. The average molecular weight is 356 g/mol. The summed E-state index contributed by atoms with van der Waals surface area (Å²) in [4.78, 5) is 24.9. The zero-order valence-corrected chi connectivity index (χ0v) is 14.1. The molecule has 2 heterocycles. The van der Waals surface area contributed by atoms with E-state index in [9.17, 15) is 18.0 Å². The van der Waals surface area contributed by atoms with Crippen molar-refractivity contribution in [3.8, 4) is 5.75 Å². The molecule has 2 amide bonds. The minimum absolute atomic E-state index is 0.0941. The quantitative estimate of drug-likeness (QED) is 0.805. The van der Waals surface area contributed by atoms with Crippen molar-refractivity contribution in [2.24, 2.45) is 0 Å². The Labute approximate surface area is 138 Å². The van der Waals surface area contributed by atoms with Gasteiger partial charge in [0.1, 0.15) is 10.6 Å². The maximum absolute atomic E-state index is 12.8. The number of para-hydroxylation sites is 1. The second kappa shape index (κ2) is 6.14. The summed E-state index contributed by atoms with van der Waals surface area (Å²) >= 11 is 0.961. The molecule has 3 rings (SSSR count). The Morgan fingerprint density at radius 2 is 2.00 bits per heavy atom. The van der Waals surface area contributed by atoms with Crippen LogP contribution in [0.3, 0.4) is 0 Å². The van der Waals surface area contributed by atoms with Crippen LogP contribution < -0.4 is 4.74 Å². The lowest BCUT2D eigenvalue weighted by molar-refractivity contribution is -0.126. The molecule has 0 aliphatic carbocycles. The number of nitrogens with zero attached hydrogens (tertiary/aromatic N) is 2. The van der Waals surface area contributed by atoms with E-state index in [4.69, 9.17) is 4.74 Å². The van der Waals surface area contributed by atoms with Crippen molar-refractivity contribution < 1.29 is 22.7 Å². The van der Waals surface area contributed by atoms with Crippen molar-refractivity contribution in [1.82, 2.24) is 9.21 Å². The number of carbonyl (C=O) groups excluding carboxylic acids is 2. The van der Waals surface area contributed by atoms with Crippen LogP contribution >= 0.6 is 11.8 Å². The highest BCUT2D eigenvalue weighted by atomic mass is 32.2. The molecule has 0 N–H and O–H groups in total. The number of sulfonamides is 1. The maximum Gasteiger partial charge on any atom is 0.289 e. The minimum Gasteiger partial charge on any atom is -0.495 e. The predicted molar refractivity (Wildman–Crippen MR) is 84.9 cm³/mol. The molecular formula is C14H16N2O5S2. The third-order valence-corrected chi connectivity index (χ3v) is 6.70. The molecule has 1 aromatic rings. The average Bonchev–Trinajstić information content (AvgIpc) is 3.14. The Hall–Kier alpha value is -1.58. The van der Waals surface area contributed by atoms with E-state index >= 15 is 0 Å². The SMILES string of the molecule is COc1ccccc1S(=O)(=O)N1CCC(N2C(=O)CSC2=O)C1. The van der Waals surface area contributed by atoms with Gasteiger partial charge in [-0.05, 0) is 18.6 Å². The number of benzene rings is 1. The normalized spacial score (nSPS) is 22.8. The number of imide groups is 1. The Morgan fingerprint density at radius 1 is 1.26 bits per heavy atom. The van der Waals surface area contributed by atoms with Crippen molar-refractivity contribution in [1.29, 1.82) is 0 Å². The fourth-order valence-corrected chi connectivity index (χ4v) is 5.25. The summed E-state index contributed by atoms with van der Waals surface area (Å²) in [5.74, 6) is 0.163. The molecule has 0 aromatic heterocycles. The summed E-state index contributed by atoms with van der Waals surface area (Å²) in [7, 11) is -2.31. The van der Waals surface area contributed by atoms with E-state index in [1.165, 1.54) is 22.4 Å². The van der Waals surface area contributed by atoms with Crippen LogP contribution in [0.1, 0.15) is 6.42 Å². The van der Waals surface area contributed by atoms with Gasteiger partial charge in [0, 0.05) is 13.1 Å². The van der Waals surface area contributed by atoms with E-state index in [1.807, 2.05) is 0 Å². The number of hydrogen-bond donors (Lipinski definition) is 0. The van der Waals surface area contributed by atoms with Gasteiger partial charge in [0.2, 0.25) is 15.9 Å². The standard InChI is InChI=1S/C14H16N2O5S2/c1-21-11-4-2-3-5-12(11)23(19,20)15-7-6-10(8-15)16-13(17)9-22-14(16)18/h2-5,10H,6-9H2,1H3. The topological polar surface area (TPSA) is 84.0 Å². The molecule has 124 valence electrons. The molecule has 2 aliphatic rings. The smallest absolute Gasteiger partial charge is 0.289 e. The molecule has 0 bridgehead atoms. The lowest BCUT2D eigenvalue weighted by Gasteiger charge is -2.22. The van der Waals surface area contributed by atoms with Crippen LogP contribution in [0.5, 0.6) is 5.75 Å². The zero-order valence-electron chi connectivity index (χ0n) is 12.5. The molecule has 23 heavy (non-hydrogen) atoms. The Bertz CT molecular complexity index is 733. The number of carbonyl (C=O) groups is 2. The van der Waals surface area contributed by atoms with Crippen LogP contribution in [-0.2, 0) is 14.8 Å². The molecule has 0 spiro atoms. The van der Waals surface area contributed by atoms with Crippen molar-refractivity contribution in [2.75, 3.05) is 26.0 Å². The fraction of sp³-hybridized carbons (Fsp3) is 0.429. The van der Waals surface area contributed by atoms with E-state index in [0.717, 1.165) is 11.8 Å². The fourth-order valence-electron chi connectivity index (χ4n) is 2.83. The van der Waals surface area contributed by atoms with E-state index in [1.54, 1.807) is 18.2 Å². The molecular weight excluding hydrogens is 340 g/mol. The molecule has 0 saturated carbocycles. The van der Waals surface area contributed by atoms with Gasteiger partial charge in [-0.2, -0.15) is 4.31 Å². The number of rotatable bonds is 4. The monoisotopic (exact) mass is 356 g/mol. The molecule has 2 aliphatic heterocycles. The summed E-state index contributed by atoms with van der Waals surface area (Å²) in [5.41, 5.74) is 0. The lowest BCUT2D eigenvalue weighted by Crippen LogP contribution is -2.41. The van der Waals surface area contributed by atoms with Crippen LogP contribution in [0.15, 0.2) is 29.2 Å². The lowest BCUT2D eigenvalue weighted by atomic mass is 10.2. The van der Waals surface area contributed by atoms with Crippen molar-refractivity contribution >= 4 is 32.9 Å². The van der Waals surface area contributed by atoms with Gasteiger partial charge in [-0.3, -0.25) is 14.5 Å². The number of thioether (sulfide) groups is 1. The first kappa shape index (κ1) is 16.3. The van der Waals surface area contributed by atoms with Gasteiger partial charge in [-0.1, -0.05) is 23.9 Å². The molecule has 1 unspecified atom stereocenters. The van der Waals surface area contributed by atoms with Gasteiger partial charge in [-0.15, -0.1) is 0 Å². The van der Waals surface area contributed by atoms with E-state index < -0.39 is 16.1 Å². The molecule has 0 radical (unpaired) electrons. The summed E-state index contributed by atoms with van der Waals surface area (Å²) in [5, 5.41) is -0.295. The second-order valence-electron chi connectivity index (χ2n) is 5.27. The van der Waals surface area contributed by atoms with Gasteiger partial charge in [-0.25, -0.2) is 8.42 Å². The molecule has 1 atom stereocenters. The van der Waals surface area contributed by atoms with E-state index in [0.29, 0.717) is 6.42 Å². The molecule has 1 aromatic carbocycles. The summed E-state index contributed by atoms with van der Waals surface area (Å²) in [6, 6.07) is 6.01. The number of ether oxygens (including phenoxy) is 1. The van der Waals surface area contributed by atoms with Crippen LogP contribution in [0.4, 0.5) is 4.79 Å². The highest BCUT2D eigenvalue weighted by Gasteiger charge is 2.42. The van der Waals surface area contributed by atoms with Gasteiger partial charge in [0.25, 0.3) is 5.24 Å². The van der Waals surface area contributed by atoms with Crippen LogP contribution in [0.2, 0.25) is 0 Å². The first-order valence-electron chi connectivity index (χ1n) is 7.07. The summed E-state index contributed by atoms with van der Waals surface area (Å²) in [6.07, 6.45) is 0.451. The highest BCUT2D eigenvalue weighted by molar-refractivity contribution is 8.14. The maximum atomic E-state index is 12.8. The largest absolute Gasteiger partial charge is 0.495 e. The van der Waals surface area contributed by atoms with Gasteiger partial charge in [0.15, 0.2) is 0 Å². The minimum atomic E-state index is -3.73. The summed E-state index contributed by atoms with van der Waals surface area (Å²) in [6.45, 7) is 0.394. The number of methoxy groups -OCH3 is 1.